The number of aromatic nitrogens is 1. The number of carbonyl (C=O) groups excluding carboxylic acids is 1. The minimum atomic E-state index is -3.81. The van der Waals surface area contributed by atoms with Crippen molar-refractivity contribution in [3.63, 3.8) is 0 Å². The van der Waals surface area contributed by atoms with E-state index in [2.05, 4.69) is 31.1 Å². The van der Waals surface area contributed by atoms with Crippen LogP contribution in [0.5, 0.6) is 0 Å². The van der Waals surface area contributed by atoms with Gasteiger partial charge in [-0.25, -0.2) is 12.4 Å². The Morgan fingerprint density at radius 2 is 1.63 bits per heavy atom. The monoisotopic (exact) mass is 395 g/mol. The summed E-state index contributed by atoms with van der Waals surface area (Å²) >= 11 is 0. The fourth-order valence-corrected chi connectivity index (χ4v) is 4.52. The van der Waals surface area contributed by atoms with Gasteiger partial charge in [0.15, 0.2) is 0 Å². The Hall–Kier alpha value is -2.62. The summed E-state index contributed by atoms with van der Waals surface area (Å²) in [4.78, 5) is 12.8. The number of benzene rings is 2. The molecule has 0 aliphatic heterocycles. The lowest BCUT2D eigenvalue weighted by Gasteiger charge is -2.07. The second kappa shape index (κ2) is 6.84. The summed E-state index contributed by atoms with van der Waals surface area (Å²) in [6.07, 6.45) is 1.39. The number of carbonyl (C=O) groups is 1. The number of hydrogen-bond donors (Lipinski definition) is 0. The Bertz CT molecular complexity index is 1190. The van der Waals surface area contributed by atoms with Gasteiger partial charge in [-0.2, -0.15) is 0 Å². The van der Waals surface area contributed by atoms with E-state index in [4.69, 9.17) is 0 Å². The molecule has 1 aromatic heterocycles. The Labute approximate surface area is 160 Å². The van der Waals surface area contributed by atoms with Crippen molar-refractivity contribution in [1.29, 1.82) is 0 Å². The molecule has 0 amide bonds. The largest absolute Gasteiger partial charge is 0.279 e. The predicted molar refractivity (Wildman–Crippen MR) is 111 cm³/mol. The molecule has 4 nitrogen and oxygen atoms in total. The zero-order chi connectivity index (χ0) is 19.8. The standard InChI is InChI=1S/C21H21NO3SSi/c1-16-9-11-17(12-10-16)26(24,25)22-15-19(18-7-5-6-8-20(18)22)21(23)13-14-27(2,3)4/h5-12,15H,1-4H3. The van der Waals surface area contributed by atoms with Gasteiger partial charge in [0.05, 0.1) is 16.0 Å². The number of nitrogens with zero attached hydrogens (tertiary/aromatic N) is 1. The average molecular weight is 396 g/mol. The van der Waals surface area contributed by atoms with Crippen LogP contribution in [-0.2, 0) is 10.0 Å². The lowest BCUT2D eigenvalue weighted by molar-refractivity contribution is 0.105. The van der Waals surface area contributed by atoms with Crippen molar-refractivity contribution >= 4 is 34.8 Å². The SMILES string of the molecule is Cc1ccc(S(=O)(=O)n2cc(C(=O)C#C[Si](C)(C)C)c3ccccc32)cc1. The second-order valence-electron chi connectivity index (χ2n) is 7.50. The molecule has 0 N–H and O–H groups in total. The van der Waals surface area contributed by atoms with Crippen LogP contribution in [0.1, 0.15) is 15.9 Å². The van der Waals surface area contributed by atoms with Crippen LogP contribution in [0.15, 0.2) is 59.6 Å². The molecular weight excluding hydrogens is 374 g/mol. The number of hydrogen-bond acceptors (Lipinski definition) is 3. The molecule has 0 radical (unpaired) electrons. The van der Waals surface area contributed by atoms with E-state index < -0.39 is 18.1 Å². The molecule has 0 saturated heterocycles. The van der Waals surface area contributed by atoms with Crippen molar-refractivity contribution in [3.8, 4) is 11.5 Å². The van der Waals surface area contributed by atoms with Gasteiger partial charge in [-0.1, -0.05) is 55.5 Å². The van der Waals surface area contributed by atoms with Gasteiger partial charge in [0.25, 0.3) is 10.0 Å². The molecule has 0 saturated carbocycles. The van der Waals surface area contributed by atoms with Crippen LogP contribution in [0.4, 0.5) is 0 Å². The molecule has 6 heteroatoms. The Kier molecular flexibility index (Phi) is 4.85. The minimum absolute atomic E-state index is 0.182. The second-order valence-corrected chi connectivity index (χ2v) is 14.1. The highest BCUT2D eigenvalue weighted by atomic mass is 32.2. The van der Waals surface area contributed by atoms with Gasteiger partial charge >= 0.3 is 0 Å². The topological polar surface area (TPSA) is 56.1 Å². The van der Waals surface area contributed by atoms with Crippen LogP contribution >= 0.6 is 0 Å². The third-order valence-electron chi connectivity index (χ3n) is 4.05. The highest BCUT2D eigenvalue weighted by molar-refractivity contribution is 7.90. The zero-order valence-corrected chi connectivity index (χ0v) is 17.6. The Balaban J connectivity index is 2.19. The lowest BCUT2D eigenvalue weighted by atomic mass is 10.1. The maximum absolute atomic E-state index is 13.1. The van der Waals surface area contributed by atoms with Crippen LogP contribution in [0.25, 0.3) is 10.9 Å². The van der Waals surface area contributed by atoms with E-state index in [1.165, 1.54) is 10.2 Å². The molecule has 0 aliphatic rings. The summed E-state index contributed by atoms with van der Waals surface area (Å²) in [6, 6.07) is 13.6. The number of ketones is 1. The number of para-hydroxylation sites is 1. The molecular formula is C21H21NO3SSi. The predicted octanol–water partition coefficient (Wildman–Crippen LogP) is 4.25. The van der Waals surface area contributed by atoms with Crippen LogP contribution in [0, 0.1) is 18.4 Å². The van der Waals surface area contributed by atoms with Gasteiger partial charge in [0.2, 0.25) is 5.78 Å². The van der Waals surface area contributed by atoms with Gasteiger partial charge < -0.3 is 0 Å². The molecule has 2 aromatic carbocycles. The summed E-state index contributed by atoms with van der Waals surface area (Å²) in [5, 5.41) is 0.586. The smallest absolute Gasteiger partial charge is 0.268 e. The van der Waals surface area contributed by atoms with Gasteiger partial charge in [-0.3, -0.25) is 4.79 Å². The van der Waals surface area contributed by atoms with Crippen LogP contribution in [-0.4, -0.2) is 26.2 Å². The summed E-state index contributed by atoms with van der Waals surface area (Å²) < 4.78 is 27.4. The van der Waals surface area contributed by atoms with Crippen LogP contribution in [0.3, 0.4) is 0 Å². The zero-order valence-electron chi connectivity index (χ0n) is 15.8. The highest BCUT2D eigenvalue weighted by Gasteiger charge is 2.23. The highest BCUT2D eigenvalue weighted by Crippen LogP contribution is 2.26. The lowest BCUT2D eigenvalue weighted by Crippen LogP contribution is -2.17. The molecule has 3 aromatic rings. The number of rotatable bonds is 3. The van der Waals surface area contributed by atoms with Crippen molar-refractivity contribution < 1.29 is 13.2 Å². The molecule has 0 unspecified atom stereocenters. The Morgan fingerprint density at radius 3 is 2.26 bits per heavy atom. The fourth-order valence-electron chi connectivity index (χ4n) is 2.67. The third-order valence-corrected chi connectivity index (χ3v) is 6.61. The first-order valence-electron chi connectivity index (χ1n) is 8.59. The maximum atomic E-state index is 13.1. The van der Waals surface area contributed by atoms with Crippen molar-refractivity contribution in [3.05, 3.63) is 65.9 Å². The van der Waals surface area contributed by atoms with Crippen molar-refractivity contribution in [1.82, 2.24) is 3.97 Å². The van der Waals surface area contributed by atoms with Gasteiger partial charge in [-0.15, -0.1) is 5.54 Å². The van der Waals surface area contributed by atoms with Crippen molar-refractivity contribution in [2.24, 2.45) is 0 Å². The molecule has 138 valence electrons. The van der Waals surface area contributed by atoms with Crippen molar-refractivity contribution in [2.75, 3.05) is 0 Å². The van der Waals surface area contributed by atoms with E-state index in [9.17, 15) is 13.2 Å². The quantitative estimate of drug-likeness (QED) is 0.378. The normalized spacial score (nSPS) is 11.9. The van der Waals surface area contributed by atoms with Gasteiger partial charge in [0.1, 0.15) is 8.07 Å². The molecule has 0 spiro atoms. The molecule has 0 atom stereocenters. The van der Waals surface area contributed by atoms with Gasteiger partial charge in [-0.05, 0) is 31.0 Å². The maximum Gasteiger partial charge on any atom is 0.268 e. The fraction of sp³-hybridized carbons (Fsp3) is 0.190. The molecule has 3 rings (SSSR count). The molecule has 0 fully saturated rings. The summed E-state index contributed by atoms with van der Waals surface area (Å²) in [6.45, 7) is 8.06. The molecule has 0 aliphatic carbocycles. The average Bonchev–Trinajstić information content (AvgIpc) is 3.00. The number of fused-ring (bicyclic) bond motifs is 1. The van der Waals surface area contributed by atoms with Gasteiger partial charge in [0, 0.05) is 11.6 Å². The molecule has 27 heavy (non-hydrogen) atoms. The summed E-state index contributed by atoms with van der Waals surface area (Å²) in [7, 11) is -5.53. The van der Waals surface area contributed by atoms with Crippen LogP contribution in [0.2, 0.25) is 19.6 Å². The summed E-state index contributed by atoms with van der Waals surface area (Å²) in [5.41, 5.74) is 4.81. The first kappa shape index (κ1) is 19.1. The van der Waals surface area contributed by atoms with E-state index in [1.54, 1.807) is 48.5 Å². The first-order valence-corrected chi connectivity index (χ1v) is 13.5. The first-order chi connectivity index (χ1) is 12.6. The van der Waals surface area contributed by atoms with E-state index in [1.807, 2.05) is 6.92 Å². The third kappa shape index (κ3) is 3.89. The number of Topliss-reactive ketones (excluding diaryl/α,β-unsaturated/α-hetero) is 1. The number of aryl methyl sites for hydroxylation is 1. The summed E-state index contributed by atoms with van der Waals surface area (Å²) in [5.74, 6) is 2.35. The Morgan fingerprint density at radius 1 is 1.00 bits per heavy atom. The van der Waals surface area contributed by atoms with E-state index in [0.717, 1.165) is 5.56 Å². The minimum Gasteiger partial charge on any atom is -0.279 e. The van der Waals surface area contributed by atoms with E-state index in [-0.39, 0.29) is 10.7 Å². The van der Waals surface area contributed by atoms with E-state index in [0.29, 0.717) is 16.5 Å². The van der Waals surface area contributed by atoms with Crippen LogP contribution < -0.4 is 0 Å². The van der Waals surface area contributed by atoms with Crippen molar-refractivity contribution in [2.45, 2.75) is 31.5 Å². The van der Waals surface area contributed by atoms with E-state index >= 15 is 0 Å². The molecule has 0 bridgehead atoms. The molecule has 1 heterocycles.